The fourth-order valence-electron chi connectivity index (χ4n) is 2.42. The Labute approximate surface area is 148 Å². The molecule has 2 amide bonds. The van der Waals surface area contributed by atoms with Gasteiger partial charge >= 0.3 is 0 Å². The van der Waals surface area contributed by atoms with Gasteiger partial charge in [0.05, 0.1) is 12.7 Å². The highest BCUT2D eigenvalue weighted by molar-refractivity contribution is 6.31. The van der Waals surface area contributed by atoms with E-state index in [2.05, 4.69) is 25.6 Å². The van der Waals surface area contributed by atoms with Crippen LogP contribution >= 0.6 is 11.6 Å². The minimum atomic E-state index is -0.436. The van der Waals surface area contributed by atoms with E-state index in [1.807, 2.05) is 24.4 Å². The number of hydrogen-bond acceptors (Lipinski definition) is 4. The van der Waals surface area contributed by atoms with Crippen molar-refractivity contribution in [3.63, 3.8) is 0 Å². The summed E-state index contributed by atoms with van der Waals surface area (Å²) in [6.45, 7) is 0.342. The molecule has 0 saturated carbocycles. The van der Waals surface area contributed by atoms with Gasteiger partial charge in [-0.1, -0.05) is 11.6 Å². The second-order valence-corrected chi connectivity index (χ2v) is 5.81. The number of amides is 2. The van der Waals surface area contributed by atoms with Crippen molar-refractivity contribution in [2.24, 2.45) is 0 Å². The Balaban J connectivity index is 1.46. The highest BCUT2D eigenvalue weighted by Crippen LogP contribution is 2.22. The molecule has 2 aromatic heterocycles. The summed E-state index contributed by atoms with van der Waals surface area (Å²) in [6, 6.07) is 5.64. The molecular weight excluding hydrogens is 342 g/mol. The highest BCUT2D eigenvalue weighted by Gasteiger charge is 2.09. The van der Waals surface area contributed by atoms with E-state index >= 15 is 0 Å². The van der Waals surface area contributed by atoms with Gasteiger partial charge in [-0.3, -0.25) is 14.6 Å². The third kappa shape index (κ3) is 4.33. The van der Waals surface area contributed by atoms with Crippen molar-refractivity contribution in [1.82, 2.24) is 25.6 Å². The molecule has 0 aliphatic heterocycles. The molecule has 0 saturated heterocycles. The average Bonchev–Trinajstić information content (AvgIpc) is 3.02. The first-order valence-corrected chi connectivity index (χ1v) is 8.08. The summed E-state index contributed by atoms with van der Waals surface area (Å²) in [5.74, 6) is -0.704. The lowest BCUT2D eigenvalue weighted by Crippen LogP contribution is -2.38. The van der Waals surface area contributed by atoms with E-state index in [0.717, 1.165) is 16.5 Å². The number of halogens is 1. The van der Waals surface area contributed by atoms with Crippen LogP contribution in [0.2, 0.25) is 5.02 Å². The molecule has 3 rings (SSSR count). The summed E-state index contributed by atoms with van der Waals surface area (Å²) in [5, 5.41) is 6.98. The predicted molar refractivity (Wildman–Crippen MR) is 94.4 cm³/mol. The van der Waals surface area contributed by atoms with Gasteiger partial charge in [-0.25, -0.2) is 4.98 Å². The van der Waals surface area contributed by atoms with E-state index in [9.17, 15) is 9.59 Å². The monoisotopic (exact) mass is 357 g/mol. The van der Waals surface area contributed by atoms with Crippen LogP contribution in [0.4, 0.5) is 0 Å². The van der Waals surface area contributed by atoms with Crippen LogP contribution in [-0.4, -0.2) is 39.9 Å². The van der Waals surface area contributed by atoms with Crippen molar-refractivity contribution in [3.05, 3.63) is 59.3 Å². The molecule has 7 nitrogen and oxygen atoms in total. The number of fused-ring (bicyclic) bond motifs is 1. The second kappa shape index (κ2) is 7.76. The van der Waals surface area contributed by atoms with Crippen LogP contribution in [0.25, 0.3) is 10.9 Å². The third-order valence-electron chi connectivity index (χ3n) is 3.65. The Kier molecular flexibility index (Phi) is 5.25. The van der Waals surface area contributed by atoms with Crippen LogP contribution in [0.3, 0.4) is 0 Å². The maximum atomic E-state index is 11.8. The molecule has 3 N–H and O–H groups in total. The van der Waals surface area contributed by atoms with E-state index in [-0.39, 0.29) is 18.1 Å². The number of rotatable bonds is 6. The van der Waals surface area contributed by atoms with E-state index in [0.29, 0.717) is 18.0 Å². The van der Waals surface area contributed by atoms with Crippen LogP contribution in [0, 0.1) is 0 Å². The van der Waals surface area contributed by atoms with Crippen molar-refractivity contribution in [2.45, 2.75) is 6.42 Å². The molecule has 8 heteroatoms. The van der Waals surface area contributed by atoms with Crippen molar-refractivity contribution in [3.8, 4) is 0 Å². The molecule has 2 heterocycles. The minimum absolute atomic E-state index is 0.116. The number of carbonyl (C=O) groups is 2. The molecule has 25 heavy (non-hydrogen) atoms. The van der Waals surface area contributed by atoms with Crippen LogP contribution in [0.15, 0.2) is 43.0 Å². The normalized spacial score (nSPS) is 10.6. The minimum Gasteiger partial charge on any atom is -0.361 e. The highest BCUT2D eigenvalue weighted by atomic mass is 35.5. The van der Waals surface area contributed by atoms with Gasteiger partial charge in [0.25, 0.3) is 5.91 Å². The van der Waals surface area contributed by atoms with Crippen molar-refractivity contribution in [1.29, 1.82) is 0 Å². The molecule has 0 atom stereocenters. The van der Waals surface area contributed by atoms with Gasteiger partial charge in [-0.2, -0.15) is 0 Å². The zero-order valence-electron chi connectivity index (χ0n) is 13.3. The van der Waals surface area contributed by atoms with Crippen LogP contribution in [-0.2, 0) is 11.2 Å². The number of benzene rings is 1. The van der Waals surface area contributed by atoms with Gasteiger partial charge in [0.1, 0.15) is 5.69 Å². The molecule has 1 aromatic carbocycles. The topological polar surface area (TPSA) is 99.8 Å². The summed E-state index contributed by atoms with van der Waals surface area (Å²) in [5.41, 5.74) is 2.24. The third-order valence-corrected chi connectivity index (χ3v) is 3.89. The lowest BCUT2D eigenvalue weighted by atomic mass is 10.1. The first-order valence-electron chi connectivity index (χ1n) is 7.70. The quantitative estimate of drug-likeness (QED) is 0.625. The summed E-state index contributed by atoms with van der Waals surface area (Å²) in [4.78, 5) is 34.5. The maximum absolute atomic E-state index is 11.8. The maximum Gasteiger partial charge on any atom is 0.271 e. The standard InChI is InChI=1S/C17H16ClN5O2/c18-12-1-2-14-13(7-12)11(8-22-14)3-4-21-16(24)10-23-17(25)15-9-19-5-6-20-15/h1-2,5-9,22H,3-4,10H2,(H,21,24)(H,23,25). The fourth-order valence-corrected chi connectivity index (χ4v) is 2.60. The summed E-state index contributed by atoms with van der Waals surface area (Å²) in [6.07, 6.45) is 6.80. The summed E-state index contributed by atoms with van der Waals surface area (Å²) in [7, 11) is 0. The molecule has 0 spiro atoms. The molecule has 0 aliphatic rings. The number of carbonyl (C=O) groups excluding carboxylic acids is 2. The molecule has 0 bridgehead atoms. The molecule has 0 fully saturated rings. The fraction of sp³-hybridized carbons (Fsp3) is 0.176. The van der Waals surface area contributed by atoms with Crippen LogP contribution in [0.1, 0.15) is 16.1 Å². The molecule has 128 valence electrons. The van der Waals surface area contributed by atoms with Crippen molar-refractivity contribution < 1.29 is 9.59 Å². The molecule has 0 unspecified atom stereocenters. The largest absolute Gasteiger partial charge is 0.361 e. The second-order valence-electron chi connectivity index (χ2n) is 5.38. The smallest absolute Gasteiger partial charge is 0.271 e. The van der Waals surface area contributed by atoms with Gasteiger partial charge in [0, 0.05) is 41.1 Å². The lowest BCUT2D eigenvalue weighted by molar-refractivity contribution is -0.120. The average molecular weight is 358 g/mol. The van der Waals surface area contributed by atoms with Gasteiger partial charge in [-0.05, 0) is 30.2 Å². The first-order chi connectivity index (χ1) is 12.1. The summed E-state index contributed by atoms with van der Waals surface area (Å²) < 4.78 is 0. The Morgan fingerprint density at radius 2 is 2.08 bits per heavy atom. The van der Waals surface area contributed by atoms with E-state index in [4.69, 9.17) is 11.6 Å². The predicted octanol–water partition coefficient (Wildman–Crippen LogP) is 1.70. The Morgan fingerprint density at radius 1 is 1.20 bits per heavy atom. The van der Waals surface area contributed by atoms with Crippen LogP contribution in [0.5, 0.6) is 0 Å². The van der Waals surface area contributed by atoms with Crippen molar-refractivity contribution >= 4 is 34.3 Å². The van der Waals surface area contributed by atoms with E-state index in [1.165, 1.54) is 18.6 Å². The SMILES string of the molecule is O=C(CNC(=O)c1cnccn1)NCCc1c[nH]c2ccc(Cl)cc12. The molecular formula is C17H16ClN5O2. The van der Waals surface area contributed by atoms with E-state index < -0.39 is 5.91 Å². The Bertz CT molecular complexity index is 894. The van der Waals surface area contributed by atoms with Gasteiger partial charge in [0.15, 0.2) is 0 Å². The van der Waals surface area contributed by atoms with Crippen LogP contribution < -0.4 is 10.6 Å². The number of nitrogens with zero attached hydrogens (tertiary/aromatic N) is 2. The number of hydrogen-bond donors (Lipinski definition) is 3. The van der Waals surface area contributed by atoms with Crippen molar-refractivity contribution in [2.75, 3.05) is 13.1 Å². The first kappa shape index (κ1) is 16.9. The van der Waals surface area contributed by atoms with E-state index in [1.54, 1.807) is 0 Å². The molecule has 0 aliphatic carbocycles. The molecule has 0 radical (unpaired) electrons. The Morgan fingerprint density at radius 3 is 2.88 bits per heavy atom. The van der Waals surface area contributed by atoms with Gasteiger partial charge < -0.3 is 15.6 Å². The number of aromatic amines is 1. The number of aromatic nitrogens is 3. The van der Waals surface area contributed by atoms with Gasteiger partial charge in [-0.15, -0.1) is 0 Å². The summed E-state index contributed by atoms with van der Waals surface area (Å²) >= 11 is 6.02. The zero-order valence-corrected chi connectivity index (χ0v) is 14.0. The lowest BCUT2D eigenvalue weighted by Gasteiger charge is -2.06. The number of H-pyrrole nitrogens is 1. The molecule has 3 aromatic rings. The zero-order chi connectivity index (χ0) is 17.6. The number of nitrogens with one attached hydrogen (secondary N) is 3. The van der Waals surface area contributed by atoms with Gasteiger partial charge in [0.2, 0.25) is 5.91 Å². The Hall–Kier alpha value is -2.93.